The number of amides is 1. The van der Waals surface area contributed by atoms with Crippen molar-refractivity contribution in [2.75, 3.05) is 11.9 Å². The predicted octanol–water partition coefficient (Wildman–Crippen LogP) is 5.61. The fourth-order valence-corrected chi connectivity index (χ4v) is 3.84. The SMILES string of the molecule is CCOC(=O)c1cc(-c2ccccc2)sc1NC(=O)c1cccc(Br)c1. The first-order chi connectivity index (χ1) is 12.6. The molecule has 0 saturated heterocycles. The van der Waals surface area contributed by atoms with Gasteiger partial charge in [0.2, 0.25) is 0 Å². The molecule has 132 valence electrons. The summed E-state index contributed by atoms with van der Waals surface area (Å²) in [5.74, 6) is -0.728. The summed E-state index contributed by atoms with van der Waals surface area (Å²) in [6.45, 7) is 2.02. The largest absolute Gasteiger partial charge is 0.462 e. The number of carbonyl (C=O) groups is 2. The van der Waals surface area contributed by atoms with Gasteiger partial charge in [-0.15, -0.1) is 11.3 Å². The molecule has 1 amide bonds. The van der Waals surface area contributed by atoms with Gasteiger partial charge in [0.15, 0.2) is 0 Å². The summed E-state index contributed by atoms with van der Waals surface area (Å²) in [6.07, 6.45) is 0. The predicted molar refractivity (Wildman–Crippen MR) is 108 cm³/mol. The van der Waals surface area contributed by atoms with E-state index in [2.05, 4.69) is 21.2 Å². The number of carbonyl (C=O) groups excluding carboxylic acids is 2. The maximum Gasteiger partial charge on any atom is 0.341 e. The number of ether oxygens (including phenoxy) is 1. The summed E-state index contributed by atoms with van der Waals surface area (Å²) in [5.41, 5.74) is 1.84. The van der Waals surface area contributed by atoms with Gasteiger partial charge in [-0.05, 0) is 36.8 Å². The topological polar surface area (TPSA) is 55.4 Å². The van der Waals surface area contributed by atoms with Crippen molar-refractivity contribution in [3.8, 4) is 10.4 Å². The second-order valence-electron chi connectivity index (χ2n) is 5.40. The van der Waals surface area contributed by atoms with E-state index in [1.165, 1.54) is 11.3 Å². The number of esters is 1. The number of thiophene rings is 1. The second-order valence-corrected chi connectivity index (χ2v) is 7.37. The summed E-state index contributed by atoms with van der Waals surface area (Å²) in [4.78, 5) is 25.8. The number of rotatable bonds is 5. The van der Waals surface area contributed by atoms with Crippen molar-refractivity contribution in [3.05, 3.63) is 76.3 Å². The number of hydrogen-bond donors (Lipinski definition) is 1. The van der Waals surface area contributed by atoms with E-state index in [1.807, 2.05) is 36.4 Å². The first-order valence-corrected chi connectivity index (χ1v) is 9.62. The second kappa shape index (κ2) is 8.29. The summed E-state index contributed by atoms with van der Waals surface area (Å²) in [6, 6.07) is 18.5. The van der Waals surface area contributed by atoms with Gasteiger partial charge in [0.25, 0.3) is 5.91 Å². The first kappa shape index (κ1) is 18.4. The number of nitrogens with one attached hydrogen (secondary N) is 1. The number of benzene rings is 2. The Labute approximate surface area is 163 Å². The van der Waals surface area contributed by atoms with Crippen molar-refractivity contribution < 1.29 is 14.3 Å². The third-order valence-corrected chi connectivity index (χ3v) is 5.19. The number of anilines is 1. The Morgan fingerprint density at radius 2 is 1.85 bits per heavy atom. The molecule has 0 unspecified atom stereocenters. The minimum atomic E-state index is -0.449. The summed E-state index contributed by atoms with van der Waals surface area (Å²) < 4.78 is 5.95. The zero-order valence-electron chi connectivity index (χ0n) is 14.0. The van der Waals surface area contributed by atoms with Crippen molar-refractivity contribution in [1.29, 1.82) is 0 Å². The molecule has 1 heterocycles. The molecule has 26 heavy (non-hydrogen) atoms. The molecule has 0 bridgehead atoms. The average molecular weight is 430 g/mol. The number of hydrogen-bond acceptors (Lipinski definition) is 4. The highest BCUT2D eigenvalue weighted by Gasteiger charge is 2.20. The van der Waals surface area contributed by atoms with E-state index in [-0.39, 0.29) is 12.5 Å². The molecule has 3 aromatic rings. The Morgan fingerprint density at radius 3 is 2.54 bits per heavy atom. The lowest BCUT2D eigenvalue weighted by molar-refractivity contribution is 0.0528. The first-order valence-electron chi connectivity index (χ1n) is 8.01. The van der Waals surface area contributed by atoms with Crippen molar-refractivity contribution in [1.82, 2.24) is 0 Å². The van der Waals surface area contributed by atoms with Crippen molar-refractivity contribution in [3.63, 3.8) is 0 Å². The Kier molecular flexibility index (Phi) is 5.85. The fraction of sp³-hybridized carbons (Fsp3) is 0.100. The van der Waals surface area contributed by atoms with E-state index < -0.39 is 5.97 Å². The van der Waals surface area contributed by atoms with Crippen molar-refractivity contribution >= 4 is 44.1 Å². The van der Waals surface area contributed by atoms with Gasteiger partial charge in [0.1, 0.15) is 5.00 Å². The molecule has 6 heteroatoms. The molecule has 0 radical (unpaired) electrons. The van der Waals surface area contributed by atoms with Crippen LogP contribution in [0.5, 0.6) is 0 Å². The molecule has 0 saturated carbocycles. The van der Waals surface area contributed by atoms with Crippen molar-refractivity contribution in [2.24, 2.45) is 0 Å². The lowest BCUT2D eigenvalue weighted by atomic mass is 10.1. The van der Waals surface area contributed by atoms with Gasteiger partial charge in [-0.2, -0.15) is 0 Å². The van der Waals surface area contributed by atoms with Crippen LogP contribution in [0, 0.1) is 0 Å². The highest BCUT2D eigenvalue weighted by atomic mass is 79.9. The zero-order valence-corrected chi connectivity index (χ0v) is 16.4. The molecule has 1 aromatic heterocycles. The molecule has 0 aliphatic heterocycles. The minimum absolute atomic E-state index is 0.272. The molecule has 0 aliphatic rings. The highest BCUT2D eigenvalue weighted by molar-refractivity contribution is 9.10. The smallest absolute Gasteiger partial charge is 0.341 e. The average Bonchev–Trinajstić information content (AvgIpc) is 3.06. The van der Waals surface area contributed by atoms with Crippen LogP contribution >= 0.6 is 27.3 Å². The Hall–Kier alpha value is -2.44. The van der Waals surface area contributed by atoms with Crippen LogP contribution < -0.4 is 5.32 Å². The summed E-state index contributed by atoms with van der Waals surface area (Å²) in [5, 5.41) is 3.32. The molecule has 0 aliphatic carbocycles. The normalized spacial score (nSPS) is 10.4. The third-order valence-electron chi connectivity index (χ3n) is 3.60. The maximum atomic E-state index is 12.6. The maximum absolute atomic E-state index is 12.6. The Bertz CT molecular complexity index is 937. The minimum Gasteiger partial charge on any atom is -0.462 e. The third kappa shape index (κ3) is 4.20. The van der Waals surface area contributed by atoms with E-state index in [9.17, 15) is 9.59 Å². The van der Waals surface area contributed by atoms with Crippen LogP contribution in [-0.4, -0.2) is 18.5 Å². The van der Waals surface area contributed by atoms with E-state index in [0.29, 0.717) is 16.1 Å². The van der Waals surface area contributed by atoms with Gasteiger partial charge < -0.3 is 10.1 Å². The van der Waals surface area contributed by atoms with Crippen LogP contribution in [0.3, 0.4) is 0 Å². The van der Waals surface area contributed by atoms with Crippen LogP contribution in [0.25, 0.3) is 10.4 Å². The van der Waals surface area contributed by atoms with Crippen LogP contribution in [0.2, 0.25) is 0 Å². The van der Waals surface area contributed by atoms with Crippen LogP contribution in [0.15, 0.2) is 65.1 Å². The molecule has 0 atom stereocenters. The van der Waals surface area contributed by atoms with E-state index in [0.717, 1.165) is 14.9 Å². The molecular weight excluding hydrogens is 414 g/mol. The molecule has 0 spiro atoms. The van der Waals surface area contributed by atoms with E-state index in [4.69, 9.17) is 4.74 Å². The van der Waals surface area contributed by atoms with Gasteiger partial charge in [0, 0.05) is 14.9 Å². The Balaban J connectivity index is 1.95. The van der Waals surface area contributed by atoms with Gasteiger partial charge >= 0.3 is 5.97 Å². The number of halogens is 1. The quantitative estimate of drug-likeness (QED) is 0.536. The fourth-order valence-electron chi connectivity index (χ4n) is 2.39. The molecule has 4 nitrogen and oxygen atoms in total. The van der Waals surface area contributed by atoms with E-state index in [1.54, 1.807) is 31.2 Å². The Morgan fingerprint density at radius 1 is 1.08 bits per heavy atom. The van der Waals surface area contributed by atoms with Crippen LogP contribution in [-0.2, 0) is 4.74 Å². The molecule has 0 fully saturated rings. The highest BCUT2D eigenvalue weighted by Crippen LogP contribution is 2.36. The van der Waals surface area contributed by atoms with Crippen molar-refractivity contribution in [2.45, 2.75) is 6.92 Å². The monoisotopic (exact) mass is 429 g/mol. The van der Waals surface area contributed by atoms with Gasteiger partial charge in [-0.1, -0.05) is 52.3 Å². The molecular formula is C20H16BrNO3S. The molecule has 3 rings (SSSR count). The summed E-state index contributed by atoms with van der Waals surface area (Å²) >= 11 is 4.71. The van der Waals surface area contributed by atoms with Gasteiger partial charge in [-0.25, -0.2) is 4.79 Å². The standard InChI is InChI=1S/C20H16BrNO3S/c1-2-25-20(24)16-12-17(13-7-4-3-5-8-13)26-19(16)22-18(23)14-9-6-10-15(21)11-14/h3-12H,2H2,1H3,(H,22,23). The van der Waals surface area contributed by atoms with Crippen LogP contribution in [0.4, 0.5) is 5.00 Å². The van der Waals surface area contributed by atoms with Crippen LogP contribution in [0.1, 0.15) is 27.6 Å². The van der Waals surface area contributed by atoms with Gasteiger partial charge in [-0.3, -0.25) is 4.79 Å². The molecule has 2 aromatic carbocycles. The summed E-state index contributed by atoms with van der Waals surface area (Å²) in [7, 11) is 0. The lowest BCUT2D eigenvalue weighted by Crippen LogP contribution is -2.14. The molecule has 1 N–H and O–H groups in total. The lowest BCUT2D eigenvalue weighted by Gasteiger charge is -2.06. The zero-order chi connectivity index (χ0) is 18.5. The van der Waals surface area contributed by atoms with Gasteiger partial charge in [0.05, 0.1) is 12.2 Å². The van der Waals surface area contributed by atoms with E-state index >= 15 is 0 Å².